The van der Waals surface area contributed by atoms with Gasteiger partial charge in [0.2, 0.25) is 11.8 Å². The SMILES string of the molecule is N[C@@H](CO)C(=O)N[C@@H](CO)C(=O)N1CCC[C@@H]1C(=O)O. The number of aliphatic hydroxyl groups is 2. The van der Waals surface area contributed by atoms with E-state index >= 15 is 0 Å². The Morgan fingerprint density at radius 3 is 2.45 bits per heavy atom. The molecule has 6 N–H and O–H groups in total. The van der Waals surface area contributed by atoms with E-state index in [-0.39, 0.29) is 6.54 Å². The Kier molecular flexibility index (Phi) is 5.86. The highest BCUT2D eigenvalue weighted by molar-refractivity contribution is 5.92. The molecule has 1 fully saturated rings. The molecule has 0 saturated carbocycles. The van der Waals surface area contributed by atoms with Crippen LogP contribution in [0.5, 0.6) is 0 Å². The van der Waals surface area contributed by atoms with Gasteiger partial charge < -0.3 is 31.3 Å². The Labute approximate surface area is 115 Å². The van der Waals surface area contributed by atoms with Crippen LogP contribution in [0.25, 0.3) is 0 Å². The van der Waals surface area contributed by atoms with Crippen LogP contribution in [0.15, 0.2) is 0 Å². The van der Waals surface area contributed by atoms with Gasteiger partial charge in [-0.1, -0.05) is 0 Å². The van der Waals surface area contributed by atoms with Crippen molar-refractivity contribution in [2.24, 2.45) is 5.73 Å². The molecule has 9 heteroatoms. The van der Waals surface area contributed by atoms with Gasteiger partial charge in [0.15, 0.2) is 0 Å². The predicted octanol–water partition coefficient (Wildman–Crippen LogP) is -3.14. The molecule has 1 aliphatic heterocycles. The van der Waals surface area contributed by atoms with Crippen molar-refractivity contribution in [1.29, 1.82) is 0 Å². The molecule has 9 nitrogen and oxygen atoms in total. The molecule has 114 valence electrons. The molecule has 1 rings (SSSR count). The van der Waals surface area contributed by atoms with Gasteiger partial charge in [0.05, 0.1) is 13.2 Å². The van der Waals surface area contributed by atoms with E-state index in [1.54, 1.807) is 0 Å². The Balaban J connectivity index is 2.72. The number of aliphatic carboxylic acids is 1. The Morgan fingerprint density at radius 2 is 1.95 bits per heavy atom. The smallest absolute Gasteiger partial charge is 0.326 e. The molecule has 20 heavy (non-hydrogen) atoms. The van der Waals surface area contributed by atoms with E-state index in [2.05, 4.69) is 5.32 Å². The molecular weight excluding hydrogens is 270 g/mol. The Bertz CT molecular complexity index is 388. The van der Waals surface area contributed by atoms with Crippen molar-refractivity contribution in [3.8, 4) is 0 Å². The van der Waals surface area contributed by atoms with Crippen LogP contribution in [-0.2, 0) is 14.4 Å². The van der Waals surface area contributed by atoms with E-state index in [1.807, 2.05) is 0 Å². The number of nitrogens with zero attached hydrogens (tertiary/aromatic N) is 1. The van der Waals surface area contributed by atoms with Crippen LogP contribution >= 0.6 is 0 Å². The van der Waals surface area contributed by atoms with Crippen LogP contribution in [0.4, 0.5) is 0 Å². The summed E-state index contributed by atoms with van der Waals surface area (Å²) < 4.78 is 0. The monoisotopic (exact) mass is 289 g/mol. The molecule has 0 aromatic heterocycles. The summed E-state index contributed by atoms with van der Waals surface area (Å²) in [5.74, 6) is -2.58. The van der Waals surface area contributed by atoms with Gasteiger partial charge in [-0.15, -0.1) is 0 Å². The second-order valence-electron chi connectivity index (χ2n) is 4.56. The summed E-state index contributed by atoms with van der Waals surface area (Å²) in [6.07, 6.45) is 0.883. The van der Waals surface area contributed by atoms with Gasteiger partial charge in [-0.05, 0) is 12.8 Å². The van der Waals surface area contributed by atoms with E-state index in [9.17, 15) is 19.5 Å². The van der Waals surface area contributed by atoms with Gasteiger partial charge >= 0.3 is 5.97 Å². The van der Waals surface area contributed by atoms with Crippen LogP contribution in [0.3, 0.4) is 0 Å². The predicted molar refractivity (Wildman–Crippen MR) is 66.4 cm³/mol. The molecule has 0 bridgehead atoms. The van der Waals surface area contributed by atoms with Crippen molar-refractivity contribution in [2.45, 2.75) is 31.0 Å². The van der Waals surface area contributed by atoms with Crippen LogP contribution < -0.4 is 11.1 Å². The maximum atomic E-state index is 12.1. The highest BCUT2D eigenvalue weighted by atomic mass is 16.4. The Morgan fingerprint density at radius 1 is 1.30 bits per heavy atom. The van der Waals surface area contributed by atoms with E-state index < -0.39 is 49.1 Å². The lowest BCUT2D eigenvalue weighted by Gasteiger charge is -2.26. The quantitative estimate of drug-likeness (QED) is 0.346. The number of nitrogens with two attached hydrogens (primary N) is 1. The van der Waals surface area contributed by atoms with E-state index in [0.717, 1.165) is 4.90 Å². The first kappa shape index (κ1) is 16.3. The van der Waals surface area contributed by atoms with Gasteiger partial charge in [-0.3, -0.25) is 9.59 Å². The number of hydrogen-bond donors (Lipinski definition) is 5. The first-order valence-corrected chi connectivity index (χ1v) is 6.23. The van der Waals surface area contributed by atoms with Gasteiger partial charge in [0.1, 0.15) is 18.1 Å². The van der Waals surface area contributed by atoms with E-state index in [0.29, 0.717) is 12.8 Å². The van der Waals surface area contributed by atoms with Crippen molar-refractivity contribution < 1.29 is 29.7 Å². The molecule has 0 spiro atoms. The van der Waals surface area contributed by atoms with E-state index in [4.69, 9.17) is 15.9 Å². The van der Waals surface area contributed by atoms with Crippen molar-refractivity contribution in [2.75, 3.05) is 19.8 Å². The summed E-state index contributed by atoms with van der Waals surface area (Å²) in [6.45, 7) is -1.01. The second-order valence-corrected chi connectivity index (χ2v) is 4.56. The third kappa shape index (κ3) is 3.65. The normalized spacial score (nSPS) is 21.4. The number of carboxylic acids is 1. The molecule has 0 unspecified atom stereocenters. The fraction of sp³-hybridized carbons (Fsp3) is 0.727. The number of hydrogen-bond acceptors (Lipinski definition) is 6. The number of carbonyl (C=O) groups is 3. The molecule has 0 aliphatic carbocycles. The molecule has 1 aliphatic rings. The average molecular weight is 289 g/mol. The van der Waals surface area contributed by atoms with Crippen molar-refractivity contribution in [3.63, 3.8) is 0 Å². The van der Waals surface area contributed by atoms with Crippen LogP contribution in [0.2, 0.25) is 0 Å². The highest BCUT2D eigenvalue weighted by Crippen LogP contribution is 2.18. The zero-order valence-corrected chi connectivity index (χ0v) is 10.9. The molecule has 3 atom stereocenters. The van der Waals surface area contributed by atoms with Crippen molar-refractivity contribution in [3.05, 3.63) is 0 Å². The summed E-state index contributed by atoms with van der Waals surface area (Å²) >= 11 is 0. The maximum absolute atomic E-state index is 12.1. The number of rotatable bonds is 6. The molecule has 1 saturated heterocycles. The van der Waals surface area contributed by atoms with Gasteiger partial charge in [0, 0.05) is 6.54 Å². The van der Waals surface area contributed by atoms with E-state index in [1.165, 1.54) is 0 Å². The molecule has 0 aromatic carbocycles. The maximum Gasteiger partial charge on any atom is 0.326 e. The standard InChI is InChI=1S/C11H19N3O6/c12-6(4-15)9(17)13-7(5-16)10(18)14-3-1-2-8(14)11(19)20/h6-8,15-16H,1-5,12H2,(H,13,17)(H,19,20)/t6-,7-,8+/m0/s1. The zero-order chi connectivity index (χ0) is 15.3. The fourth-order valence-corrected chi connectivity index (χ4v) is 2.03. The summed E-state index contributed by atoms with van der Waals surface area (Å²) in [4.78, 5) is 35.7. The minimum Gasteiger partial charge on any atom is -0.480 e. The average Bonchev–Trinajstić information content (AvgIpc) is 2.92. The van der Waals surface area contributed by atoms with Crippen LogP contribution in [-0.4, -0.2) is 75.9 Å². The summed E-state index contributed by atoms with van der Waals surface area (Å²) in [6, 6.07) is -3.41. The first-order valence-electron chi connectivity index (χ1n) is 6.23. The molecular formula is C11H19N3O6. The highest BCUT2D eigenvalue weighted by Gasteiger charge is 2.37. The lowest BCUT2D eigenvalue weighted by molar-refractivity contribution is -0.149. The minimum atomic E-state index is -1.26. The molecule has 2 amide bonds. The fourth-order valence-electron chi connectivity index (χ4n) is 2.03. The molecule has 1 heterocycles. The van der Waals surface area contributed by atoms with Crippen molar-refractivity contribution in [1.82, 2.24) is 10.2 Å². The topological polar surface area (TPSA) is 153 Å². The van der Waals surface area contributed by atoms with Crippen LogP contribution in [0, 0.1) is 0 Å². The van der Waals surface area contributed by atoms with Gasteiger partial charge in [0.25, 0.3) is 0 Å². The number of carboxylic acid groups (broad SMARTS) is 1. The third-order valence-corrected chi connectivity index (χ3v) is 3.15. The third-order valence-electron chi connectivity index (χ3n) is 3.15. The number of likely N-dealkylation sites (tertiary alicyclic amines) is 1. The van der Waals surface area contributed by atoms with Crippen molar-refractivity contribution >= 4 is 17.8 Å². The second kappa shape index (κ2) is 7.17. The first-order chi connectivity index (χ1) is 9.42. The van der Waals surface area contributed by atoms with Gasteiger partial charge in [-0.2, -0.15) is 0 Å². The number of amides is 2. The van der Waals surface area contributed by atoms with Gasteiger partial charge in [-0.25, -0.2) is 4.79 Å². The Hall–Kier alpha value is -1.71. The lowest BCUT2D eigenvalue weighted by atomic mass is 10.2. The summed E-state index contributed by atoms with van der Waals surface area (Å²) in [5, 5.41) is 29.1. The minimum absolute atomic E-state index is 0.258. The number of aliphatic hydroxyl groups excluding tert-OH is 2. The number of nitrogens with one attached hydrogen (secondary N) is 1. The molecule has 0 radical (unpaired) electrons. The lowest BCUT2D eigenvalue weighted by Crippen LogP contribution is -2.56. The van der Waals surface area contributed by atoms with Crippen LogP contribution in [0.1, 0.15) is 12.8 Å². The largest absolute Gasteiger partial charge is 0.480 e. The molecule has 0 aromatic rings. The number of carbonyl (C=O) groups excluding carboxylic acids is 2. The summed E-state index contributed by atoms with van der Waals surface area (Å²) in [5.41, 5.74) is 5.29. The summed E-state index contributed by atoms with van der Waals surface area (Å²) in [7, 11) is 0. The zero-order valence-electron chi connectivity index (χ0n) is 10.9.